The van der Waals surface area contributed by atoms with Crippen LogP contribution in [0.3, 0.4) is 0 Å². The van der Waals surface area contributed by atoms with Crippen LogP contribution in [-0.4, -0.2) is 36.6 Å². The number of ether oxygens (including phenoxy) is 1. The van der Waals surface area contributed by atoms with Crippen molar-refractivity contribution in [1.82, 2.24) is 5.32 Å². The summed E-state index contributed by atoms with van der Waals surface area (Å²) < 4.78 is 43.2. The van der Waals surface area contributed by atoms with Crippen molar-refractivity contribution < 1.29 is 27.6 Å². The van der Waals surface area contributed by atoms with E-state index in [0.29, 0.717) is 19.2 Å². The van der Waals surface area contributed by atoms with Crippen LogP contribution < -0.4 is 10.6 Å². The highest BCUT2D eigenvalue weighted by molar-refractivity contribution is 5.76. The monoisotopic (exact) mass is 361 g/mol. The molecule has 1 aromatic rings. The van der Waals surface area contributed by atoms with Crippen LogP contribution in [0.15, 0.2) is 18.2 Å². The van der Waals surface area contributed by atoms with Gasteiger partial charge in [-0.3, -0.25) is 14.9 Å². The number of anilines is 1. The number of hydrogen-bond donors (Lipinski definition) is 2. The SMILES string of the molecule is O=C(CCNc1ccc(C(F)(F)F)cc1[N+](=O)[O-])NC[C@H]1CCCO1. The fourth-order valence-corrected chi connectivity index (χ4v) is 2.44. The number of hydrogen-bond acceptors (Lipinski definition) is 5. The van der Waals surface area contributed by atoms with Crippen molar-refractivity contribution in [3.8, 4) is 0 Å². The van der Waals surface area contributed by atoms with Gasteiger partial charge in [0.15, 0.2) is 0 Å². The fraction of sp³-hybridized carbons (Fsp3) is 0.533. The Morgan fingerprint density at radius 3 is 2.76 bits per heavy atom. The Hall–Kier alpha value is -2.36. The fourth-order valence-electron chi connectivity index (χ4n) is 2.44. The molecule has 1 fully saturated rings. The van der Waals surface area contributed by atoms with Gasteiger partial charge in [-0.1, -0.05) is 0 Å². The summed E-state index contributed by atoms with van der Waals surface area (Å²) in [5.41, 5.74) is -1.85. The first-order chi connectivity index (χ1) is 11.8. The van der Waals surface area contributed by atoms with E-state index in [2.05, 4.69) is 10.6 Å². The zero-order chi connectivity index (χ0) is 18.4. The maximum absolute atomic E-state index is 12.6. The average Bonchev–Trinajstić information content (AvgIpc) is 3.05. The molecule has 1 atom stereocenters. The van der Waals surface area contributed by atoms with E-state index in [-0.39, 0.29) is 30.7 Å². The van der Waals surface area contributed by atoms with E-state index in [1.165, 1.54) is 0 Å². The summed E-state index contributed by atoms with van der Waals surface area (Å²) in [5, 5.41) is 16.3. The second-order valence-electron chi connectivity index (χ2n) is 5.60. The Morgan fingerprint density at radius 2 is 2.16 bits per heavy atom. The van der Waals surface area contributed by atoms with Gasteiger partial charge in [-0.25, -0.2) is 0 Å². The lowest BCUT2D eigenvalue weighted by Gasteiger charge is -2.12. The van der Waals surface area contributed by atoms with Crippen LogP contribution >= 0.6 is 0 Å². The zero-order valence-corrected chi connectivity index (χ0v) is 13.3. The molecule has 1 aliphatic heterocycles. The highest BCUT2D eigenvalue weighted by Crippen LogP contribution is 2.34. The van der Waals surface area contributed by atoms with Crippen molar-refractivity contribution in [2.45, 2.75) is 31.5 Å². The highest BCUT2D eigenvalue weighted by Gasteiger charge is 2.33. The minimum Gasteiger partial charge on any atom is -0.379 e. The van der Waals surface area contributed by atoms with Crippen LogP contribution in [-0.2, 0) is 15.7 Å². The van der Waals surface area contributed by atoms with E-state index in [0.717, 1.165) is 25.0 Å². The summed E-state index contributed by atoms with van der Waals surface area (Å²) in [6.07, 6.45) is -2.78. The molecule has 10 heteroatoms. The van der Waals surface area contributed by atoms with E-state index < -0.39 is 22.4 Å². The van der Waals surface area contributed by atoms with Crippen LogP contribution in [0.5, 0.6) is 0 Å². The molecule has 2 rings (SSSR count). The number of nitrogens with zero attached hydrogens (tertiary/aromatic N) is 1. The van der Waals surface area contributed by atoms with Crippen molar-refractivity contribution in [3.05, 3.63) is 33.9 Å². The molecule has 2 N–H and O–H groups in total. The highest BCUT2D eigenvalue weighted by atomic mass is 19.4. The molecule has 0 unspecified atom stereocenters. The molecule has 1 aromatic carbocycles. The minimum atomic E-state index is -4.66. The van der Waals surface area contributed by atoms with Gasteiger partial charge >= 0.3 is 6.18 Å². The maximum Gasteiger partial charge on any atom is 0.416 e. The summed E-state index contributed by atoms with van der Waals surface area (Å²) >= 11 is 0. The first-order valence-electron chi connectivity index (χ1n) is 7.75. The second-order valence-corrected chi connectivity index (χ2v) is 5.60. The third-order valence-corrected chi connectivity index (χ3v) is 3.74. The average molecular weight is 361 g/mol. The van der Waals surface area contributed by atoms with Crippen LogP contribution in [0.1, 0.15) is 24.8 Å². The molecule has 0 bridgehead atoms. The quantitative estimate of drug-likeness (QED) is 0.575. The number of halogens is 3. The van der Waals surface area contributed by atoms with Gasteiger partial charge in [-0.2, -0.15) is 13.2 Å². The Morgan fingerprint density at radius 1 is 1.40 bits per heavy atom. The number of nitro groups is 1. The van der Waals surface area contributed by atoms with Crippen molar-refractivity contribution in [2.75, 3.05) is 25.0 Å². The van der Waals surface area contributed by atoms with E-state index in [9.17, 15) is 28.1 Å². The third kappa shape index (κ3) is 5.59. The van der Waals surface area contributed by atoms with Gasteiger partial charge in [0.1, 0.15) is 5.69 Å². The normalized spacial score (nSPS) is 17.3. The zero-order valence-electron chi connectivity index (χ0n) is 13.3. The summed E-state index contributed by atoms with van der Waals surface area (Å²) in [6.45, 7) is 1.14. The van der Waals surface area contributed by atoms with Crippen molar-refractivity contribution in [2.24, 2.45) is 0 Å². The van der Waals surface area contributed by atoms with Gasteiger partial charge in [0.25, 0.3) is 5.69 Å². The lowest BCUT2D eigenvalue weighted by Crippen LogP contribution is -2.32. The third-order valence-electron chi connectivity index (χ3n) is 3.74. The smallest absolute Gasteiger partial charge is 0.379 e. The van der Waals surface area contributed by atoms with Crippen LogP contribution in [0.2, 0.25) is 0 Å². The number of rotatable bonds is 7. The number of alkyl halides is 3. The first-order valence-corrected chi connectivity index (χ1v) is 7.75. The van der Waals surface area contributed by atoms with Crippen LogP contribution in [0.4, 0.5) is 24.5 Å². The lowest BCUT2D eigenvalue weighted by atomic mass is 10.1. The standard InChI is InChI=1S/C15H18F3N3O4/c16-15(17,18)10-3-4-12(13(8-10)21(23)24)19-6-5-14(22)20-9-11-2-1-7-25-11/h3-4,8,11,19H,1-2,5-7,9H2,(H,20,22)/t11-/m1/s1. The molecule has 7 nitrogen and oxygen atoms in total. The van der Waals surface area contributed by atoms with Gasteiger partial charge < -0.3 is 15.4 Å². The maximum atomic E-state index is 12.6. The van der Waals surface area contributed by atoms with Gasteiger partial charge in [-0.15, -0.1) is 0 Å². The van der Waals surface area contributed by atoms with Crippen LogP contribution in [0.25, 0.3) is 0 Å². The number of amides is 1. The Bertz CT molecular complexity index is 631. The summed E-state index contributed by atoms with van der Waals surface area (Å²) in [4.78, 5) is 21.8. The molecule has 0 radical (unpaired) electrons. The molecule has 0 spiro atoms. The lowest BCUT2D eigenvalue weighted by molar-refractivity contribution is -0.384. The molecule has 0 aromatic heterocycles. The molecule has 0 saturated carbocycles. The molecule has 138 valence electrons. The molecule has 1 aliphatic rings. The number of nitrogens with one attached hydrogen (secondary N) is 2. The number of benzene rings is 1. The largest absolute Gasteiger partial charge is 0.416 e. The van der Waals surface area contributed by atoms with Gasteiger partial charge in [0, 0.05) is 32.2 Å². The summed E-state index contributed by atoms with van der Waals surface area (Å²) in [5.74, 6) is -0.266. The molecule has 1 saturated heterocycles. The Kier molecular flexibility index (Phi) is 6.18. The number of carbonyl (C=O) groups is 1. The van der Waals surface area contributed by atoms with E-state index in [4.69, 9.17) is 4.74 Å². The summed E-state index contributed by atoms with van der Waals surface area (Å²) in [6, 6.07) is 2.22. The molecule has 25 heavy (non-hydrogen) atoms. The van der Waals surface area contributed by atoms with E-state index in [1.807, 2.05) is 0 Å². The van der Waals surface area contributed by atoms with Gasteiger partial charge in [-0.05, 0) is 25.0 Å². The van der Waals surface area contributed by atoms with Gasteiger partial charge in [0.05, 0.1) is 16.6 Å². The topological polar surface area (TPSA) is 93.5 Å². The predicted octanol–water partition coefficient (Wildman–Crippen LogP) is 2.71. The van der Waals surface area contributed by atoms with Crippen molar-refractivity contribution in [1.29, 1.82) is 0 Å². The molecule has 1 heterocycles. The first kappa shape index (κ1) is 19.0. The Labute approximate surface area is 141 Å². The van der Waals surface area contributed by atoms with Gasteiger partial charge in [0.2, 0.25) is 5.91 Å². The molecular formula is C15H18F3N3O4. The number of carbonyl (C=O) groups excluding carboxylic acids is 1. The van der Waals surface area contributed by atoms with Crippen molar-refractivity contribution >= 4 is 17.3 Å². The van der Waals surface area contributed by atoms with E-state index >= 15 is 0 Å². The number of nitro benzene ring substituents is 1. The van der Waals surface area contributed by atoms with E-state index in [1.54, 1.807) is 0 Å². The molecule has 0 aliphatic carbocycles. The van der Waals surface area contributed by atoms with Crippen molar-refractivity contribution in [3.63, 3.8) is 0 Å². The molecular weight excluding hydrogens is 343 g/mol. The predicted molar refractivity (Wildman–Crippen MR) is 83.2 cm³/mol. The minimum absolute atomic E-state index is 0.00732. The van der Waals surface area contributed by atoms with Crippen LogP contribution in [0, 0.1) is 10.1 Å². The Balaban J connectivity index is 1.87. The summed E-state index contributed by atoms with van der Waals surface area (Å²) in [7, 11) is 0. The second kappa shape index (κ2) is 8.15. The molecule has 1 amide bonds.